The van der Waals surface area contributed by atoms with Crippen LogP contribution in [-0.2, 0) is 20.6 Å². The monoisotopic (exact) mass is 430 g/mol. The molecule has 5 nitrogen and oxygen atoms in total. The van der Waals surface area contributed by atoms with Gasteiger partial charge in [-0.3, -0.25) is 0 Å². The highest BCUT2D eigenvalue weighted by atomic mass is 28.5. The van der Waals surface area contributed by atoms with Gasteiger partial charge in [0.2, 0.25) is 0 Å². The van der Waals surface area contributed by atoms with Crippen molar-refractivity contribution in [2.24, 2.45) is 0 Å². The van der Waals surface area contributed by atoms with Gasteiger partial charge in [-0.15, -0.1) is 0 Å². The maximum atomic E-state index is 6.25. The smallest absolute Gasteiger partial charge is 0.330 e. The lowest BCUT2D eigenvalue weighted by Crippen LogP contribution is -2.46. The third kappa shape index (κ3) is 9.19. The molecule has 1 aliphatic rings. The first kappa shape index (κ1) is 22.6. The Labute approximate surface area is 160 Å². The van der Waals surface area contributed by atoms with Crippen LogP contribution in [0, 0.1) is 0 Å². The van der Waals surface area contributed by atoms with Gasteiger partial charge in [0.05, 0.1) is 0 Å². The van der Waals surface area contributed by atoms with Crippen LogP contribution in [0.2, 0.25) is 0 Å². The summed E-state index contributed by atoms with van der Waals surface area (Å²) in [5.41, 5.74) is 10.2. The number of hydrogen-bond acceptors (Lipinski definition) is 5. The van der Waals surface area contributed by atoms with E-state index >= 15 is 0 Å². The second-order valence-electron chi connectivity index (χ2n) is 5.15. The van der Waals surface area contributed by atoms with Gasteiger partial charge in [-0.05, 0) is 34.6 Å². The van der Waals surface area contributed by atoms with E-state index in [1.807, 2.05) is 93.5 Å². The van der Waals surface area contributed by atoms with E-state index in [1.54, 1.807) is 0 Å². The Morgan fingerprint density at radius 1 is 0.360 bits per heavy atom. The summed E-state index contributed by atoms with van der Waals surface area (Å²) in [6.45, 7) is 9.91. The minimum Gasteiger partial charge on any atom is -0.414 e. The molecule has 1 rings (SSSR count). The average molecular weight is 431 g/mol. The molecule has 1 aliphatic heterocycles. The molecule has 0 aromatic carbocycles. The molecule has 0 N–H and O–H groups in total. The van der Waals surface area contributed by atoms with Gasteiger partial charge in [-0.2, -0.15) is 0 Å². The fourth-order valence-corrected chi connectivity index (χ4v) is 16.7. The fourth-order valence-electron chi connectivity index (χ4n) is 2.06. The zero-order valence-electron chi connectivity index (χ0n) is 15.7. The lowest BCUT2D eigenvalue weighted by atomic mass is 10.8. The molecule has 1 heterocycles. The van der Waals surface area contributed by atoms with E-state index < -0.39 is 46.4 Å². The van der Waals surface area contributed by atoms with Crippen molar-refractivity contribution in [2.75, 3.05) is 0 Å². The molecular formula is C15H30O5Si5. The zero-order valence-corrected chi connectivity index (χ0v) is 21.5. The van der Waals surface area contributed by atoms with Gasteiger partial charge in [0.15, 0.2) is 0 Å². The lowest BCUT2D eigenvalue weighted by molar-refractivity contribution is 0.306. The summed E-state index contributed by atoms with van der Waals surface area (Å²) in [4.78, 5) is 0. The molecule has 0 amide bonds. The summed E-state index contributed by atoms with van der Waals surface area (Å²) in [5, 5.41) is 0. The fraction of sp³-hybridized carbons (Fsp3) is 0.333. The second kappa shape index (κ2) is 13.7. The van der Waals surface area contributed by atoms with E-state index in [9.17, 15) is 0 Å². The predicted octanol–water partition coefficient (Wildman–Crippen LogP) is 1.76. The Morgan fingerprint density at radius 2 is 0.520 bits per heavy atom. The molecule has 0 aromatic rings. The summed E-state index contributed by atoms with van der Waals surface area (Å²) >= 11 is 0. The van der Waals surface area contributed by atoms with Gasteiger partial charge in [-0.1, -0.05) is 58.9 Å². The predicted molar refractivity (Wildman–Crippen MR) is 115 cm³/mol. The summed E-state index contributed by atoms with van der Waals surface area (Å²) in [5.74, 6) is 0. The maximum absolute atomic E-state index is 6.25. The Balaban J connectivity index is 3.15. The van der Waals surface area contributed by atoms with E-state index in [-0.39, 0.29) is 0 Å². The van der Waals surface area contributed by atoms with Gasteiger partial charge in [0.1, 0.15) is 0 Å². The molecule has 10 heteroatoms. The highest BCUT2D eigenvalue weighted by molar-refractivity contribution is 6.79. The Kier molecular flexibility index (Phi) is 12.4. The quantitative estimate of drug-likeness (QED) is 0.622. The van der Waals surface area contributed by atoms with Crippen molar-refractivity contribution in [1.82, 2.24) is 0 Å². The zero-order chi connectivity index (χ0) is 18.5. The van der Waals surface area contributed by atoms with Crippen molar-refractivity contribution >= 4 is 46.4 Å². The molecule has 25 heavy (non-hydrogen) atoms. The van der Waals surface area contributed by atoms with Crippen LogP contribution < -0.4 is 0 Å². The normalized spacial score (nSPS) is 33.4. The minimum atomic E-state index is -1.99. The van der Waals surface area contributed by atoms with Crippen molar-refractivity contribution in [3.05, 3.63) is 58.9 Å². The molecule has 1 saturated heterocycles. The maximum Gasteiger partial charge on any atom is 0.330 e. The Morgan fingerprint density at radius 3 is 0.640 bits per heavy atom. The second-order valence-corrected chi connectivity index (χ2v) is 16.2. The molecule has 140 valence electrons. The van der Waals surface area contributed by atoms with E-state index in [1.165, 1.54) is 0 Å². The first-order chi connectivity index (χ1) is 12.2. The van der Waals surface area contributed by atoms with Crippen LogP contribution >= 0.6 is 0 Å². The highest BCUT2D eigenvalue weighted by Gasteiger charge is 2.30. The third-order valence-corrected chi connectivity index (χ3v) is 17.3. The molecule has 0 spiro atoms. The van der Waals surface area contributed by atoms with Crippen molar-refractivity contribution in [1.29, 1.82) is 0 Å². The minimum absolute atomic E-state index is 1.98. The Hall–Kier alpha value is -0.416. The molecule has 0 saturated carbocycles. The topological polar surface area (TPSA) is 46.2 Å². The van der Waals surface area contributed by atoms with E-state index in [2.05, 4.69) is 0 Å². The summed E-state index contributed by atoms with van der Waals surface area (Å²) in [7, 11) is -9.96. The van der Waals surface area contributed by atoms with Crippen molar-refractivity contribution in [2.45, 2.75) is 34.6 Å². The molecule has 0 radical (unpaired) electrons. The average Bonchev–Trinajstić information content (AvgIpc) is 2.55. The molecular weight excluding hydrogens is 401 g/mol. The first-order valence-electron chi connectivity index (χ1n) is 8.58. The SMILES string of the molecule is CC=C[SiH]1O[SiH](C=CC)O[SiH](C=CC)O[SiH](C=CC)O[SiH](C=CC)O1. The lowest BCUT2D eigenvalue weighted by Gasteiger charge is -2.30. The summed E-state index contributed by atoms with van der Waals surface area (Å²) in [6, 6.07) is 0. The van der Waals surface area contributed by atoms with Crippen molar-refractivity contribution in [3.63, 3.8) is 0 Å². The van der Waals surface area contributed by atoms with Crippen molar-refractivity contribution < 1.29 is 20.6 Å². The van der Waals surface area contributed by atoms with Crippen molar-refractivity contribution in [3.8, 4) is 0 Å². The van der Waals surface area contributed by atoms with E-state index in [0.717, 1.165) is 0 Å². The first-order valence-corrected chi connectivity index (χ1v) is 16.6. The van der Waals surface area contributed by atoms with Gasteiger partial charge < -0.3 is 20.6 Å². The molecule has 1 fully saturated rings. The van der Waals surface area contributed by atoms with E-state index in [0.29, 0.717) is 0 Å². The van der Waals surface area contributed by atoms with Gasteiger partial charge in [0.25, 0.3) is 0 Å². The largest absolute Gasteiger partial charge is 0.414 e. The van der Waals surface area contributed by atoms with E-state index in [4.69, 9.17) is 20.6 Å². The van der Waals surface area contributed by atoms with Crippen LogP contribution in [0.5, 0.6) is 0 Å². The number of hydrogen-bond donors (Lipinski definition) is 0. The molecule has 0 aliphatic carbocycles. The van der Waals surface area contributed by atoms with Crippen LogP contribution in [0.1, 0.15) is 34.6 Å². The van der Waals surface area contributed by atoms with Crippen LogP contribution in [0.3, 0.4) is 0 Å². The van der Waals surface area contributed by atoms with Gasteiger partial charge in [0, 0.05) is 0 Å². The molecule has 0 atom stereocenters. The van der Waals surface area contributed by atoms with Crippen LogP contribution in [0.4, 0.5) is 0 Å². The molecule has 0 aromatic heterocycles. The Bertz CT molecular complexity index is 394. The van der Waals surface area contributed by atoms with Crippen LogP contribution in [0.15, 0.2) is 58.9 Å². The molecule has 0 unspecified atom stereocenters. The highest BCUT2D eigenvalue weighted by Crippen LogP contribution is 2.11. The molecule has 0 bridgehead atoms. The number of allylic oxidation sites excluding steroid dienone is 5. The standard InChI is InChI=1S/C15H30O5Si5/c1-6-11-21-16-22(12-7-2)18-24(14-9-4)20-25(15-10-5)19-23(17-21)13-8-3/h6-15,21-25H,1-5H3. The third-order valence-electron chi connectivity index (χ3n) is 3.09. The number of rotatable bonds is 5. The van der Waals surface area contributed by atoms with Crippen LogP contribution in [-0.4, -0.2) is 46.4 Å². The summed E-state index contributed by atoms with van der Waals surface area (Å²) in [6.07, 6.45) is 9.95. The van der Waals surface area contributed by atoms with Gasteiger partial charge >= 0.3 is 46.4 Å². The summed E-state index contributed by atoms with van der Waals surface area (Å²) < 4.78 is 31.3. The van der Waals surface area contributed by atoms with Gasteiger partial charge in [-0.25, -0.2) is 0 Å². The van der Waals surface area contributed by atoms with Crippen LogP contribution in [0.25, 0.3) is 0 Å².